The van der Waals surface area contributed by atoms with Crippen molar-refractivity contribution in [2.75, 3.05) is 5.75 Å². The number of amidine groups is 2. The lowest BCUT2D eigenvalue weighted by molar-refractivity contribution is 0.285. The Kier molecular flexibility index (Phi) is 3.85. The van der Waals surface area contributed by atoms with E-state index in [1.54, 1.807) is 0 Å². The highest BCUT2D eigenvalue weighted by Gasteiger charge is 2.41. The molecule has 0 aromatic heterocycles. The number of hydrogen-bond donors (Lipinski definition) is 1. The van der Waals surface area contributed by atoms with Crippen molar-refractivity contribution in [3.8, 4) is 0 Å². The highest BCUT2D eigenvalue weighted by molar-refractivity contribution is 8.17. The molecule has 0 radical (unpaired) electrons. The van der Waals surface area contributed by atoms with Gasteiger partial charge in [0.2, 0.25) is 0 Å². The average Bonchev–Trinajstić information content (AvgIpc) is 3.25. The summed E-state index contributed by atoms with van der Waals surface area (Å²) >= 11 is 3.73. The molecule has 0 spiro atoms. The minimum Gasteiger partial charge on any atom is -0.360 e. The van der Waals surface area contributed by atoms with Gasteiger partial charge in [-0.05, 0) is 31.1 Å². The lowest BCUT2D eigenvalue weighted by Gasteiger charge is -2.31. The summed E-state index contributed by atoms with van der Waals surface area (Å²) in [5.74, 6) is 1.03. The van der Waals surface area contributed by atoms with Gasteiger partial charge in [0, 0.05) is 11.4 Å². The lowest BCUT2D eigenvalue weighted by Crippen LogP contribution is -2.39. The summed E-state index contributed by atoms with van der Waals surface area (Å²) in [6, 6.07) is 2.36. The number of hydrogen-bond acceptors (Lipinski definition) is 6. The van der Waals surface area contributed by atoms with Gasteiger partial charge in [-0.3, -0.25) is 9.98 Å². The molecule has 0 unspecified atom stereocenters. The van der Waals surface area contributed by atoms with E-state index in [0.717, 1.165) is 5.75 Å². The number of aliphatic imine (C=N–C) groups is 2. The summed E-state index contributed by atoms with van der Waals surface area (Å²) in [4.78, 5) is 12.4. The van der Waals surface area contributed by atoms with Crippen LogP contribution in [0.2, 0.25) is 0 Å². The highest BCUT2D eigenvalue weighted by Crippen LogP contribution is 2.41. The molecule has 2 saturated carbocycles. The highest BCUT2D eigenvalue weighted by atomic mass is 32.2. The van der Waals surface area contributed by atoms with Gasteiger partial charge in [-0.2, -0.15) is 0 Å². The first-order chi connectivity index (χ1) is 11.4. The van der Waals surface area contributed by atoms with E-state index in [1.165, 1.54) is 67.4 Å². The van der Waals surface area contributed by atoms with Crippen molar-refractivity contribution < 1.29 is 0 Å². The van der Waals surface area contributed by atoms with Gasteiger partial charge in [0.1, 0.15) is 0 Å². The Hall–Kier alpha value is -0.620. The third-order valence-electron chi connectivity index (χ3n) is 5.80. The van der Waals surface area contributed by atoms with E-state index in [4.69, 9.17) is 9.98 Å². The molecule has 4 atom stereocenters. The third kappa shape index (κ3) is 2.62. The van der Waals surface area contributed by atoms with Gasteiger partial charge in [-0.15, -0.1) is 0 Å². The molecular formula is C17H24N4S2. The van der Waals surface area contributed by atoms with Crippen LogP contribution in [0.25, 0.3) is 0 Å². The van der Waals surface area contributed by atoms with Crippen molar-refractivity contribution in [2.45, 2.75) is 75.5 Å². The molecule has 3 heterocycles. The normalized spacial score (nSPS) is 38.3. The van der Waals surface area contributed by atoms with Crippen molar-refractivity contribution in [3.63, 3.8) is 0 Å². The molecule has 0 amide bonds. The van der Waals surface area contributed by atoms with Crippen LogP contribution in [0.1, 0.15) is 51.4 Å². The second kappa shape index (κ2) is 6.03. The Morgan fingerprint density at radius 2 is 1.91 bits per heavy atom. The van der Waals surface area contributed by atoms with Gasteiger partial charge in [0.05, 0.1) is 24.2 Å². The predicted octanol–water partition coefficient (Wildman–Crippen LogP) is 3.56. The fourth-order valence-electron chi connectivity index (χ4n) is 4.60. The Labute approximate surface area is 146 Å². The predicted molar refractivity (Wildman–Crippen MR) is 100 cm³/mol. The molecule has 2 fully saturated rings. The van der Waals surface area contributed by atoms with Crippen molar-refractivity contribution in [1.82, 2.24) is 10.2 Å². The molecule has 0 saturated heterocycles. The zero-order chi connectivity index (χ0) is 15.2. The van der Waals surface area contributed by atoms with Crippen LogP contribution < -0.4 is 5.32 Å². The number of thioether (sulfide) groups is 2. The van der Waals surface area contributed by atoms with Crippen molar-refractivity contribution in [3.05, 3.63) is 11.1 Å². The van der Waals surface area contributed by atoms with Crippen LogP contribution in [0, 0.1) is 0 Å². The number of fused-ring (bicyclic) bond motifs is 4. The Morgan fingerprint density at radius 3 is 2.83 bits per heavy atom. The zero-order valence-corrected chi connectivity index (χ0v) is 15.0. The molecule has 3 aliphatic heterocycles. The summed E-state index contributed by atoms with van der Waals surface area (Å²) in [5, 5.41) is 8.42. The van der Waals surface area contributed by atoms with Crippen LogP contribution in [0.4, 0.5) is 0 Å². The molecule has 124 valence electrons. The SMILES string of the molecule is C1=C(CSC2=N[C@@H]3CCCC[C@@H]3N2)N2C(=N[C@H]3CCCC[C@H]32)S1. The minimum absolute atomic E-state index is 0.546. The van der Waals surface area contributed by atoms with Gasteiger partial charge in [-0.25, -0.2) is 0 Å². The molecule has 5 rings (SSSR count). The average molecular weight is 349 g/mol. The standard InChI is InChI=1S/C17H24N4S2/c1-2-6-13-12(5-1)18-16(19-13)22-9-11-10-23-17-20-14-7-3-4-8-15(14)21(11)17/h10,12-15H,1-9H2,(H,18,19)/t12-,13+,14-,15+/m0/s1. The fourth-order valence-corrected chi connectivity index (χ4v) is 6.65. The van der Waals surface area contributed by atoms with Gasteiger partial charge in [-0.1, -0.05) is 49.2 Å². The van der Waals surface area contributed by atoms with E-state index in [1.807, 2.05) is 23.5 Å². The monoisotopic (exact) mass is 348 g/mol. The third-order valence-corrected chi connectivity index (χ3v) is 7.64. The maximum Gasteiger partial charge on any atom is 0.168 e. The quantitative estimate of drug-likeness (QED) is 0.828. The van der Waals surface area contributed by atoms with E-state index in [9.17, 15) is 0 Å². The Bertz CT molecular complexity index is 585. The molecular weight excluding hydrogens is 324 g/mol. The van der Waals surface area contributed by atoms with Gasteiger partial charge >= 0.3 is 0 Å². The molecule has 2 aliphatic carbocycles. The van der Waals surface area contributed by atoms with E-state index in [0.29, 0.717) is 24.2 Å². The van der Waals surface area contributed by atoms with Crippen molar-refractivity contribution in [1.29, 1.82) is 0 Å². The van der Waals surface area contributed by atoms with E-state index >= 15 is 0 Å². The first-order valence-corrected chi connectivity index (χ1v) is 10.9. The van der Waals surface area contributed by atoms with E-state index in [-0.39, 0.29) is 0 Å². The first kappa shape index (κ1) is 14.7. The van der Waals surface area contributed by atoms with Crippen molar-refractivity contribution >= 4 is 33.9 Å². The Morgan fingerprint density at radius 1 is 1.09 bits per heavy atom. The maximum absolute atomic E-state index is 4.96. The Balaban J connectivity index is 1.23. The molecule has 5 aliphatic rings. The minimum atomic E-state index is 0.546. The number of nitrogens with one attached hydrogen (secondary N) is 1. The largest absolute Gasteiger partial charge is 0.360 e. The van der Waals surface area contributed by atoms with Crippen LogP contribution >= 0.6 is 23.5 Å². The maximum atomic E-state index is 4.96. The second-order valence-corrected chi connectivity index (χ2v) is 9.05. The molecule has 0 aromatic carbocycles. The summed E-state index contributed by atoms with van der Waals surface area (Å²) in [6.45, 7) is 0. The van der Waals surface area contributed by atoms with Crippen molar-refractivity contribution in [2.24, 2.45) is 9.98 Å². The van der Waals surface area contributed by atoms with Crippen LogP contribution in [0.3, 0.4) is 0 Å². The summed E-state index contributed by atoms with van der Waals surface area (Å²) in [5.41, 5.74) is 1.45. The van der Waals surface area contributed by atoms with E-state index < -0.39 is 0 Å². The zero-order valence-electron chi connectivity index (χ0n) is 13.4. The molecule has 23 heavy (non-hydrogen) atoms. The number of rotatable bonds is 2. The lowest BCUT2D eigenvalue weighted by atomic mass is 9.91. The summed E-state index contributed by atoms with van der Waals surface area (Å²) in [7, 11) is 0. The van der Waals surface area contributed by atoms with Gasteiger partial charge in [0.15, 0.2) is 10.3 Å². The fraction of sp³-hybridized carbons (Fsp3) is 0.765. The van der Waals surface area contributed by atoms with Gasteiger partial charge in [0.25, 0.3) is 0 Å². The first-order valence-electron chi connectivity index (χ1n) is 9.08. The van der Waals surface area contributed by atoms with Crippen LogP contribution in [0.15, 0.2) is 21.1 Å². The van der Waals surface area contributed by atoms with Crippen LogP contribution in [-0.4, -0.2) is 45.2 Å². The second-order valence-electron chi connectivity index (χ2n) is 7.25. The molecule has 1 N–H and O–H groups in total. The van der Waals surface area contributed by atoms with E-state index in [2.05, 4.69) is 15.6 Å². The van der Waals surface area contributed by atoms with Crippen LogP contribution in [-0.2, 0) is 0 Å². The molecule has 0 aromatic rings. The smallest absolute Gasteiger partial charge is 0.168 e. The van der Waals surface area contributed by atoms with Gasteiger partial charge < -0.3 is 10.2 Å². The molecule has 0 bridgehead atoms. The number of nitrogens with zero attached hydrogens (tertiary/aromatic N) is 3. The topological polar surface area (TPSA) is 40.0 Å². The molecule has 4 nitrogen and oxygen atoms in total. The summed E-state index contributed by atoms with van der Waals surface area (Å²) < 4.78 is 0. The molecule has 6 heteroatoms. The summed E-state index contributed by atoms with van der Waals surface area (Å²) in [6.07, 6.45) is 10.6. The van der Waals surface area contributed by atoms with Crippen LogP contribution in [0.5, 0.6) is 0 Å².